The van der Waals surface area contributed by atoms with Crippen LogP contribution < -0.4 is 11.1 Å². The monoisotopic (exact) mass is 251 g/mol. The Morgan fingerprint density at radius 2 is 2.28 bits per heavy atom. The van der Waals surface area contributed by atoms with Crippen molar-refractivity contribution in [3.63, 3.8) is 0 Å². The number of hydrogen-bond donors (Lipinski definition) is 2. The summed E-state index contributed by atoms with van der Waals surface area (Å²) in [5.41, 5.74) is 5.58. The summed E-state index contributed by atoms with van der Waals surface area (Å²) in [6.45, 7) is 3.22. The topological polar surface area (TPSA) is 85.8 Å². The fourth-order valence-electron chi connectivity index (χ4n) is 2.22. The Morgan fingerprint density at radius 1 is 1.44 bits per heavy atom. The number of nitrogens with zero attached hydrogens (tertiary/aromatic N) is 3. The van der Waals surface area contributed by atoms with E-state index in [1.54, 1.807) is 0 Å². The van der Waals surface area contributed by atoms with E-state index in [0.29, 0.717) is 13.0 Å². The molecule has 1 aromatic heterocycles. The predicted molar refractivity (Wildman–Crippen MR) is 67.7 cm³/mol. The van der Waals surface area contributed by atoms with Crippen LogP contribution in [0.2, 0.25) is 0 Å². The third kappa shape index (κ3) is 3.29. The summed E-state index contributed by atoms with van der Waals surface area (Å²) in [5.74, 6) is 1.87. The van der Waals surface area contributed by atoms with E-state index in [2.05, 4.69) is 20.1 Å². The Hall–Kier alpha value is -1.43. The van der Waals surface area contributed by atoms with E-state index in [4.69, 9.17) is 5.73 Å². The molecule has 18 heavy (non-hydrogen) atoms. The lowest BCUT2D eigenvalue weighted by Crippen LogP contribution is -2.30. The van der Waals surface area contributed by atoms with Gasteiger partial charge in [-0.1, -0.05) is 6.42 Å². The van der Waals surface area contributed by atoms with Crippen LogP contribution in [-0.2, 0) is 24.3 Å². The van der Waals surface area contributed by atoms with Crippen molar-refractivity contribution in [1.29, 1.82) is 0 Å². The molecule has 0 saturated carbocycles. The molecule has 1 aromatic rings. The fraction of sp³-hybridized carbons (Fsp3) is 0.750. The molecule has 1 amide bonds. The summed E-state index contributed by atoms with van der Waals surface area (Å²) < 4.78 is 2.14. The van der Waals surface area contributed by atoms with Crippen LogP contribution in [0.4, 0.5) is 0 Å². The first kappa shape index (κ1) is 13.0. The van der Waals surface area contributed by atoms with Gasteiger partial charge in [0.05, 0.1) is 6.54 Å². The van der Waals surface area contributed by atoms with Gasteiger partial charge >= 0.3 is 0 Å². The molecule has 1 aliphatic rings. The third-order valence-electron chi connectivity index (χ3n) is 3.14. The van der Waals surface area contributed by atoms with Crippen LogP contribution in [-0.4, -0.2) is 26.7 Å². The second-order valence-corrected chi connectivity index (χ2v) is 4.95. The second kappa shape index (κ2) is 5.95. The van der Waals surface area contributed by atoms with Gasteiger partial charge in [0.15, 0.2) is 5.82 Å². The number of amides is 1. The van der Waals surface area contributed by atoms with Crippen molar-refractivity contribution in [3.8, 4) is 0 Å². The van der Waals surface area contributed by atoms with Gasteiger partial charge in [-0.25, -0.2) is 0 Å². The van der Waals surface area contributed by atoms with Gasteiger partial charge in [0, 0.05) is 25.4 Å². The van der Waals surface area contributed by atoms with E-state index < -0.39 is 0 Å². The normalized spacial score (nSPS) is 16.8. The molecule has 1 unspecified atom stereocenters. The van der Waals surface area contributed by atoms with Gasteiger partial charge in [0.1, 0.15) is 5.82 Å². The molecule has 2 heterocycles. The standard InChI is InChI=1S/C12H21N5O/c1-9(13)7-12(18)14-8-11-16-15-10-5-3-2-4-6-17(10)11/h9H,2-8,13H2,1H3,(H,14,18). The van der Waals surface area contributed by atoms with Crippen molar-refractivity contribution in [1.82, 2.24) is 20.1 Å². The maximum Gasteiger partial charge on any atom is 0.221 e. The zero-order valence-corrected chi connectivity index (χ0v) is 10.9. The summed E-state index contributed by atoms with van der Waals surface area (Å²) >= 11 is 0. The number of carbonyl (C=O) groups is 1. The number of hydrogen-bond acceptors (Lipinski definition) is 4. The number of nitrogens with two attached hydrogens (primary N) is 1. The highest BCUT2D eigenvalue weighted by Gasteiger charge is 2.15. The average Bonchev–Trinajstić information content (AvgIpc) is 2.54. The Morgan fingerprint density at radius 3 is 3.06 bits per heavy atom. The minimum atomic E-state index is -0.111. The SMILES string of the molecule is CC(N)CC(=O)NCc1nnc2n1CCCCC2. The van der Waals surface area contributed by atoms with E-state index in [9.17, 15) is 4.79 Å². The third-order valence-corrected chi connectivity index (χ3v) is 3.14. The van der Waals surface area contributed by atoms with Gasteiger partial charge in [-0.2, -0.15) is 0 Å². The molecule has 1 aliphatic heterocycles. The van der Waals surface area contributed by atoms with Crippen LogP contribution in [0, 0.1) is 0 Å². The Balaban J connectivity index is 1.93. The zero-order valence-electron chi connectivity index (χ0n) is 10.9. The highest BCUT2D eigenvalue weighted by molar-refractivity contribution is 5.76. The van der Waals surface area contributed by atoms with Crippen LogP contribution in [0.5, 0.6) is 0 Å². The van der Waals surface area contributed by atoms with Gasteiger partial charge < -0.3 is 15.6 Å². The molecule has 0 aliphatic carbocycles. The van der Waals surface area contributed by atoms with Crippen molar-refractivity contribution in [3.05, 3.63) is 11.6 Å². The number of carbonyl (C=O) groups excluding carboxylic acids is 1. The van der Waals surface area contributed by atoms with Gasteiger partial charge in [-0.3, -0.25) is 4.79 Å². The summed E-state index contributed by atoms with van der Waals surface area (Å²) in [4.78, 5) is 11.5. The summed E-state index contributed by atoms with van der Waals surface area (Å²) in [6.07, 6.45) is 4.91. The van der Waals surface area contributed by atoms with E-state index >= 15 is 0 Å². The lowest BCUT2D eigenvalue weighted by atomic mass is 10.2. The lowest BCUT2D eigenvalue weighted by molar-refractivity contribution is -0.121. The molecule has 0 fully saturated rings. The minimum absolute atomic E-state index is 0.0315. The molecule has 100 valence electrons. The first-order chi connectivity index (χ1) is 8.66. The van der Waals surface area contributed by atoms with Gasteiger partial charge in [-0.15, -0.1) is 10.2 Å². The van der Waals surface area contributed by atoms with Crippen molar-refractivity contribution < 1.29 is 4.79 Å². The molecule has 1 atom stereocenters. The van der Waals surface area contributed by atoms with E-state index in [1.807, 2.05) is 6.92 Å². The Bertz CT molecular complexity index is 413. The summed E-state index contributed by atoms with van der Waals surface area (Å²) in [7, 11) is 0. The maximum atomic E-state index is 11.5. The second-order valence-electron chi connectivity index (χ2n) is 4.95. The largest absolute Gasteiger partial charge is 0.349 e. The molecule has 6 nitrogen and oxygen atoms in total. The van der Waals surface area contributed by atoms with Crippen molar-refractivity contribution in [2.45, 2.75) is 58.2 Å². The molecule has 6 heteroatoms. The summed E-state index contributed by atoms with van der Waals surface area (Å²) in [5, 5.41) is 11.2. The van der Waals surface area contributed by atoms with E-state index in [1.165, 1.54) is 12.8 Å². The summed E-state index contributed by atoms with van der Waals surface area (Å²) in [6, 6.07) is -0.111. The first-order valence-corrected chi connectivity index (χ1v) is 6.60. The van der Waals surface area contributed by atoms with Crippen LogP contribution in [0.3, 0.4) is 0 Å². The van der Waals surface area contributed by atoms with Crippen LogP contribution >= 0.6 is 0 Å². The van der Waals surface area contributed by atoms with Crippen LogP contribution in [0.15, 0.2) is 0 Å². The molecule has 0 aromatic carbocycles. The molecule has 0 bridgehead atoms. The molecule has 3 N–H and O–H groups in total. The van der Waals surface area contributed by atoms with Crippen LogP contribution in [0.25, 0.3) is 0 Å². The molecule has 0 radical (unpaired) electrons. The van der Waals surface area contributed by atoms with Gasteiger partial charge in [-0.05, 0) is 19.8 Å². The Kier molecular flexibility index (Phi) is 4.30. The molecule has 2 rings (SSSR count). The lowest BCUT2D eigenvalue weighted by Gasteiger charge is -2.09. The molecule has 0 saturated heterocycles. The fourth-order valence-corrected chi connectivity index (χ4v) is 2.22. The predicted octanol–water partition coefficient (Wildman–Crippen LogP) is 0.358. The molecule has 0 spiro atoms. The smallest absolute Gasteiger partial charge is 0.221 e. The number of fused-ring (bicyclic) bond motifs is 1. The van der Waals surface area contributed by atoms with Gasteiger partial charge in [0.25, 0.3) is 0 Å². The van der Waals surface area contributed by atoms with Crippen molar-refractivity contribution in [2.24, 2.45) is 5.73 Å². The average molecular weight is 251 g/mol. The number of rotatable bonds is 4. The molecular weight excluding hydrogens is 230 g/mol. The minimum Gasteiger partial charge on any atom is -0.349 e. The first-order valence-electron chi connectivity index (χ1n) is 6.60. The number of nitrogens with one attached hydrogen (secondary N) is 1. The van der Waals surface area contributed by atoms with E-state index in [-0.39, 0.29) is 11.9 Å². The van der Waals surface area contributed by atoms with Crippen LogP contribution in [0.1, 0.15) is 44.3 Å². The Labute approximate surface area is 107 Å². The highest BCUT2D eigenvalue weighted by Crippen LogP contribution is 2.14. The van der Waals surface area contributed by atoms with Crippen molar-refractivity contribution >= 4 is 5.91 Å². The number of aryl methyl sites for hydroxylation is 1. The highest BCUT2D eigenvalue weighted by atomic mass is 16.1. The van der Waals surface area contributed by atoms with E-state index in [0.717, 1.165) is 31.0 Å². The zero-order chi connectivity index (χ0) is 13.0. The number of aromatic nitrogens is 3. The van der Waals surface area contributed by atoms with Crippen molar-refractivity contribution in [2.75, 3.05) is 0 Å². The van der Waals surface area contributed by atoms with Gasteiger partial charge in [0.2, 0.25) is 5.91 Å². The maximum absolute atomic E-state index is 11.5. The molecular formula is C12H21N5O. The quantitative estimate of drug-likeness (QED) is 0.809.